The van der Waals surface area contributed by atoms with Crippen LogP contribution < -0.4 is 21.5 Å². The van der Waals surface area contributed by atoms with E-state index in [9.17, 15) is 31.5 Å². The van der Waals surface area contributed by atoms with Crippen LogP contribution >= 0.6 is 0 Å². The Morgan fingerprint density at radius 2 is 1.48 bits per heavy atom. The van der Waals surface area contributed by atoms with Crippen molar-refractivity contribution in [3.63, 3.8) is 0 Å². The second-order valence-electron chi connectivity index (χ2n) is 4.36. The number of nitrogens with one attached hydrogen (secondary N) is 1. The van der Waals surface area contributed by atoms with E-state index in [1.165, 1.54) is 0 Å². The third kappa shape index (κ3) is 4.52. The van der Waals surface area contributed by atoms with E-state index in [0.717, 1.165) is 0 Å². The molecule has 0 radical (unpaired) electrons. The van der Waals surface area contributed by atoms with Crippen molar-refractivity contribution in [1.82, 2.24) is 5.32 Å². The van der Waals surface area contributed by atoms with Crippen molar-refractivity contribution in [1.29, 1.82) is 0 Å². The predicted molar refractivity (Wildman–Crippen MR) is 66.7 cm³/mol. The van der Waals surface area contributed by atoms with Gasteiger partial charge in [0.15, 0.2) is 0 Å². The second kappa shape index (κ2) is 7.72. The lowest BCUT2D eigenvalue weighted by molar-refractivity contribution is -0.136. The predicted octanol–water partition coefficient (Wildman–Crippen LogP) is 1.06. The maximum absolute atomic E-state index is 13.3. The molecule has 0 aliphatic rings. The molecule has 0 bridgehead atoms. The molecule has 1 rings (SSSR count). The number of amides is 2. The SMILES string of the molecule is NC(=O)NCCC[C@H](N)C(=O)Oc1c(F)c(F)c(F)c(F)c1F. The number of hydrogen-bond acceptors (Lipinski definition) is 4. The number of esters is 1. The summed E-state index contributed by atoms with van der Waals surface area (Å²) in [5.74, 6) is -14.5. The normalized spacial score (nSPS) is 11.9. The zero-order valence-corrected chi connectivity index (χ0v) is 11.5. The summed E-state index contributed by atoms with van der Waals surface area (Å²) in [6.45, 7) is 0.0683. The van der Waals surface area contributed by atoms with E-state index in [0.29, 0.717) is 0 Å². The zero-order chi connectivity index (χ0) is 17.7. The van der Waals surface area contributed by atoms with Crippen LogP contribution in [0.15, 0.2) is 0 Å². The number of ether oxygens (including phenoxy) is 1. The number of urea groups is 1. The van der Waals surface area contributed by atoms with Gasteiger partial charge in [0.25, 0.3) is 0 Å². The number of carbonyl (C=O) groups is 2. The molecule has 0 unspecified atom stereocenters. The first-order chi connectivity index (χ1) is 10.7. The highest BCUT2D eigenvalue weighted by molar-refractivity contribution is 5.78. The van der Waals surface area contributed by atoms with E-state index in [-0.39, 0.29) is 19.4 Å². The molecule has 0 aromatic heterocycles. The van der Waals surface area contributed by atoms with Gasteiger partial charge in [0.1, 0.15) is 6.04 Å². The van der Waals surface area contributed by atoms with Gasteiger partial charge >= 0.3 is 12.0 Å². The first kappa shape index (κ1) is 18.6. The largest absolute Gasteiger partial charge is 0.419 e. The highest BCUT2D eigenvalue weighted by Gasteiger charge is 2.29. The first-order valence-corrected chi connectivity index (χ1v) is 6.18. The Bertz CT molecular complexity index is 597. The third-order valence-electron chi connectivity index (χ3n) is 2.67. The Balaban J connectivity index is 2.76. The van der Waals surface area contributed by atoms with Crippen LogP contribution in [-0.4, -0.2) is 24.6 Å². The molecule has 5 N–H and O–H groups in total. The Morgan fingerprint density at radius 3 is 1.96 bits per heavy atom. The van der Waals surface area contributed by atoms with Crippen LogP contribution in [0.25, 0.3) is 0 Å². The number of halogens is 5. The fraction of sp³-hybridized carbons (Fsp3) is 0.333. The zero-order valence-electron chi connectivity index (χ0n) is 11.5. The average molecular weight is 341 g/mol. The van der Waals surface area contributed by atoms with Crippen LogP contribution in [-0.2, 0) is 4.79 Å². The molecule has 0 saturated heterocycles. The molecular weight excluding hydrogens is 329 g/mol. The lowest BCUT2D eigenvalue weighted by Gasteiger charge is -2.13. The minimum Gasteiger partial charge on any atom is -0.419 e. The van der Waals surface area contributed by atoms with Gasteiger partial charge < -0.3 is 21.5 Å². The monoisotopic (exact) mass is 341 g/mol. The molecule has 23 heavy (non-hydrogen) atoms. The van der Waals surface area contributed by atoms with Crippen LogP contribution in [0.2, 0.25) is 0 Å². The lowest BCUT2D eigenvalue weighted by Crippen LogP contribution is -2.36. The van der Waals surface area contributed by atoms with Crippen molar-refractivity contribution < 1.29 is 36.3 Å². The first-order valence-electron chi connectivity index (χ1n) is 6.18. The van der Waals surface area contributed by atoms with Crippen molar-refractivity contribution >= 4 is 12.0 Å². The Kier molecular flexibility index (Phi) is 6.25. The van der Waals surface area contributed by atoms with Gasteiger partial charge in [0, 0.05) is 6.54 Å². The smallest absolute Gasteiger partial charge is 0.328 e. The molecule has 0 heterocycles. The van der Waals surface area contributed by atoms with E-state index in [2.05, 4.69) is 10.1 Å². The summed E-state index contributed by atoms with van der Waals surface area (Å²) >= 11 is 0. The molecule has 1 aromatic carbocycles. The highest BCUT2D eigenvalue weighted by atomic mass is 19.2. The highest BCUT2D eigenvalue weighted by Crippen LogP contribution is 2.29. The van der Waals surface area contributed by atoms with Gasteiger partial charge in [-0.15, -0.1) is 0 Å². The molecule has 2 amide bonds. The summed E-state index contributed by atoms with van der Waals surface area (Å²) in [5.41, 5.74) is 10.2. The molecule has 11 heteroatoms. The summed E-state index contributed by atoms with van der Waals surface area (Å²) in [4.78, 5) is 21.9. The quantitative estimate of drug-likeness (QED) is 0.180. The van der Waals surface area contributed by atoms with E-state index in [4.69, 9.17) is 11.5 Å². The average Bonchev–Trinajstić information content (AvgIpc) is 2.51. The Hall–Kier alpha value is -2.43. The lowest BCUT2D eigenvalue weighted by atomic mass is 10.1. The minimum absolute atomic E-state index is 0.0683. The fourth-order valence-corrected chi connectivity index (χ4v) is 1.50. The van der Waals surface area contributed by atoms with E-state index >= 15 is 0 Å². The number of carbonyl (C=O) groups excluding carboxylic acids is 2. The van der Waals surface area contributed by atoms with Crippen LogP contribution in [0.3, 0.4) is 0 Å². The number of benzene rings is 1. The minimum atomic E-state index is -2.37. The topological polar surface area (TPSA) is 107 Å². The molecule has 0 aliphatic carbocycles. The summed E-state index contributed by atoms with van der Waals surface area (Å²) in [5, 5.41) is 2.20. The molecular formula is C12H12F5N3O3. The van der Waals surface area contributed by atoms with Crippen LogP contribution in [0.1, 0.15) is 12.8 Å². The van der Waals surface area contributed by atoms with E-state index in [1.807, 2.05) is 0 Å². The Labute approximate surface area is 126 Å². The number of primary amides is 1. The molecule has 6 nitrogen and oxygen atoms in total. The molecule has 0 spiro atoms. The van der Waals surface area contributed by atoms with Gasteiger partial charge in [-0.05, 0) is 12.8 Å². The molecule has 1 aromatic rings. The maximum atomic E-state index is 13.3. The van der Waals surface area contributed by atoms with Crippen molar-refractivity contribution in [2.75, 3.05) is 6.54 Å². The van der Waals surface area contributed by atoms with Gasteiger partial charge in [-0.25, -0.2) is 22.8 Å². The van der Waals surface area contributed by atoms with Gasteiger partial charge in [0.2, 0.25) is 34.8 Å². The van der Waals surface area contributed by atoms with Crippen molar-refractivity contribution in [3.05, 3.63) is 29.1 Å². The van der Waals surface area contributed by atoms with Crippen molar-refractivity contribution in [2.24, 2.45) is 11.5 Å². The number of rotatable bonds is 6. The van der Waals surface area contributed by atoms with E-state index in [1.54, 1.807) is 0 Å². The molecule has 0 aliphatic heterocycles. The molecule has 128 valence electrons. The van der Waals surface area contributed by atoms with Crippen LogP contribution in [0.5, 0.6) is 5.75 Å². The van der Waals surface area contributed by atoms with Gasteiger partial charge in [0.05, 0.1) is 0 Å². The number of hydrogen-bond donors (Lipinski definition) is 3. The maximum Gasteiger partial charge on any atom is 0.328 e. The van der Waals surface area contributed by atoms with Crippen LogP contribution in [0.4, 0.5) is 26.7 Å². The van der Waals surface area contributed by atoms with Gasteiger partial charge in [-0.1, -0.05) is 0 Å². The third-order valence-corrected chi connectivity index (χ3v) is 2.67. The van der Waals surface area contributed by atoms with E-state index < -0.39 is 52.9 Å². The fourth-order valence-electron chi connectivity index (χ4n) is 1.50. The molecule has 1 atom stereocenters. The summed E-state index contributed by atoms with van der Waals surface area (Å²) in [6.07, 6.45) is 0.0742. The molecule has 0 saturated carbocycles. The van der Waals surface area contributed by atoms with Crippen LogP contribution in [0, 0.1) is 29.1 Å². The van der Waals surface area contributed by atoms with Crippen molar-refractivity contribution in [2.45, 2.75) is 18.9 Å². The summed E-state index contributed by atoms with van der Waals surface area (Å²) in [6, 6.07) is -2.21. The van der Waals surface area contributed by atoms with Gasteiger partial charge in [-0.3, -0.25) is 0 Å². The standard InChI is InChI=1S/C12H12F5N3O3/c13-5-6(14)8(16)10(9(17)7(5)15)23-11(21)4(18)2-1-3-20-12(19)22/h4H,1-3,18H2,(H3,19,20,22)/t4-/m0/s1. The summed E-state index contributed by atoms with van der Waals surface area (Å²) < 4.78 is 69.5. The number of nitrogens with two attached hydrogens (primary N) is 2. The van der Waals surface area contributed by atoms with Gasteiger partial charge in [-0.2, -0.15) is 8.78 Å². The second-order valence-corrected chi connectivity index (χ2v) is 4.36. The Morgan fingerprint density at radius 1 is 1.00 bits per heavy atom. The summed E-state index contributed by atoms with van der Waals surface area (Å²) in [7, 11) is 0. The van der Waals surface area contributed by atoms with Crippen molar-refractivity contribution in [3.8, 4) is 5.75 Å². The molecule has 0 fully saturated rings.